The van der Waals surface area contributed by atoms with E-state index in [0.29, 0.717) is 18.4 Å². The van der Waals surface area contributed by atoms with Crippen molar-refractivity contribution in [2.45, 2.75) is 55.7 Å². The van der Waals surface area contributed by atoms with E-state index in [1.807, 2.05) is 43.3 Å². The van der Waals surface area contributed by atoms with Crippen LogP contribution < -0.4 is 10.0 Å². The molecule has 1 saturated carbocycles. The van der Waals surface area contributed by atoms with Crippen LogP contribution in [0.2, 0.25) is 0 Å². The molecule has 1 fully saturated rings. The average molecular weight is 479 g/mol. The molecule has 0 bridgehead atoms. The predicted octanol–water partition coefficient (Wildman–Crippen LogP) is 2.63. The van der Waals surface area contributed by atoms with Gasteiger partial charge in [-0.05, 0) is 49.4 Å². The Morgan fingerprint density at radius 3 is 2.28 bits per heavy atom. The number of rotatable bonds is 9. The Hall–Kier alpha value is -2.23. The van der Waals surface area contributed by atoms with Crippen LogP contribution in [0.5, 0.6) is 0 Å². The summed E-state index contributed by atoms with van der Waals surface area (Å²) in [5.74, 6) is -0.945. The Bertz CT molecular complexity index is 1170. The van der Waals surface area contributed by atoms with Crippen molar-refractivity contribution >= 4 is 25.8 Å². The molecule has 2 aromatic carbocycles. The van der Waals surface area contributed by atoms with Crippen LogP contribution in [0.25, 0.3) is 0 Å². The molecule has 2 N–H and O–H groups in total. The molecule has 0 atom stereocenters. The Labute approximate surface area is 190 Å². The van der Waals surface area contributed by atoms with Crippen LogP contribution >= 0.6 is 0 Å². The molecule has 0 radical (unpaired) electrons. The smallest absolute Gasteiger partial charge is 0.241 e. The third-order valence-electron chi connectivity index (χ3n) is 5.97. The monoisotopic (exact) mass is 478 g/mol. The normalized spacial score (nSPS) is 16.1. The summed E-state index contributed by atoms with van der Waals surface area (Å²) < 4.78 is 52.7. The van der Waals surface area contributed by atoms with Crippen molar-refractivity contribution in [3.8, 4) is 0 Å². The fourth-order valence-corrected chi connectivity index (χ4v) is 7.39. The minimum Gasteiger partial charge on any atom is -0.354 e. The van der Waals surface area contributed by atoms with Crippen molar-refractivity contribution in [2.75, 3.05) is 12.3 Å². The van der Waals surface area contributed by atoms with Gasteiger partial charge in [-0.15, -0.1) is 0 Å². The van der Waals surface area contributed by atoms with Crippen LogP contribution in [0.4, 0.5) is 0 Å². The molecule has 0 unspecified atom stereocenters. The molecule has 32 heavy (non-hydrogen) atoms. The first-order valence-electron chi connectivity index (χ1n) is 10.7. The molecule has 1 amide bonds. The van der Waals surface area contributed by atoms with E-state index in [-0.39, 0.29) is 36.6 Å². The predicted molar refractivity (Wildman–Crippen MR) is 124 cm³/mol. The van der Waals surface area contributed by atoms with Gasteiger partial charge in [0.25, 0.3) is 0 Å². The summed E-state index contributed by atoms with van der Waals surface area (Å²) in [5.41, 5.74) is 2.23. The number of benzene rings is 2. The summed E-state index contributed by atoms with van der Waals surface area (Å²) in [7, 11) is -7.57. The summed E-state index contributed by atoms with van der Waals surface area (Å²) in [4.78, 5) is 13.3. The molecule has 174 valence electrons. The molecule has 3 rings (SSSR count). The zero-order valence-electron chi connectivity index (χ0n) is 18.4. The topological polar surface area (TPSA) is 109 Å². The van der Waals surface area contributed by atoms with E-state index < -0.39 is 30.5 Å². The lowest BCUT2D eigenvalue weighted by atomic mass is 10.1. The number of aryl methyl sites for hydroxylation is 2. The van der Waals surface area contributed by atoms with E-state index in [1.54, 1.807) is 19.1 Å². The molecule has 1 aliphatic rings. The highest BCUT2D eigenvalue weighted by Gasteiger charge is 2.53. The number of sulfone groups is 1. The van der Waals surface area contributed by atoms with Gasteiger partial charge in [-0.1, -0.05) is 55.3 Å². The lowest BCUT2D eigenvalue weighted by Gasteiger charge is -2.28. The maximum Gasteiger partial charge on any atom is 0.241 e. The third-order valence-corrected chi connectivity index (χ3v) is 9.94. The van der Waals surface area contributed by atoms with E-state index >= 15 is 0 Å². The SMILES string of the molecule is Cc1ccc(C)c(S(=O)(=O)C2(C(=O)NCCS(=O)(=O)NCc3ccccc3)CCCC2)c1. The van der Waals surface area contributed by atoms with Crippen LogP contribution in [0.1, 0.15) is 42.4 Å². The molecule has 0 heterocycles. The number of hydrogen-bond donors (Lipinski definition) is 2. The van der Waals surface area contributed by atoms with Gasteiger partial charge in [0.1, 0.15) is 0 Å². The number of sulfonamides is 1. The average Bonchev–Trinajstić information content (AvgIpc) is 3.27. The lowest BCUT2D eigenvalue weighted by Crippen LogP contribution is -2.51. The van der Waals surface area contributed by atoms with Crippen LogP contribution in [0.15, 0.2) is 53.4 Å². The van der Waals surface area contributed by atoms with Crippen LogP contribution in [0, 0.1) is 13.8 Å². The minimum atomic E-state index is -3.94. The lowest BCUT2D eigenvalue weighted by molar-refractivity contribution is -0.123. The van der Waals surface area contributed by atoms with E-state index in [4.69, 9.17) is 0 Å². The zero-order chi connectivity index (χ0) is 23.4. The maximum absolute atomic E-state index is 13.6. The fraction of sp³-hybridized carbons (Fsp3) is 0.435. The van der Waals surface area contributed by atoms with Crippen LogP contribution in [-0.2, 0) is 31.2 Å². The van der Waals surface area contributed by atoms with Gasteiger partial charge < -0.3 is 5.32 Å². The van der Waals surface area contributed by atoms with Crippen molar-refractivity contribution in [1.29, 1.82) is 0 Å². The molecule has 0 aromatic heterocycles. The van der Waals surface area contributed by atoms with Crippen molar-refractivity contribution in [3.63, 3.8) is 0 Å². The molecule has 9 heteroatoms. The highest BCUT2D eigenvalue weighted by Crippen LogP contribution is 2.41. The van der Waals surface area contributed by atoms with Gasteiger partial charge in [0.15, 0.2) is 14.6 Å². The van der Waals surface area contributed by atoms with Gasteiger partial charge in [-0.25, -0.2) is 21.6 Å². The first kappa shape index (κ1) is 24.4. The Morgan fingerprint density at radius 1 is 0.969 bits per heavy atom. The van der Waals surface area contributed by atoms with Gasteiger partial charge in [0.05, 0.1) is 10.6 Å². The Morgan fingerprint density at radius 2 is 1.62 bits per heavy atom. The van der Waals surface area contributed by atoms with Crippen LogP contribution in [0.3, 0.4) is 0 Å². The molecule has 1 aliphatic carbocycles. The van der Waals surface area contributed by atoms with Gasteiger partial charge in [-0.3, -0.25) is 4.79 Å². The first-order chi connectivity index (χ1) is 15.1. The second-order valence-electron chi connectivity index (χ2n) is 8.36. The number of nitrogens with one attached hydrogen (secondary N) is 2. The van der Waals surface area contributed by atoms with Crippen molar-refractivity contribution < 1.29 is 21.6 Å². The van der Waals surface area contributed by atoms with Crippen LogP contribution in [-0.4, -0.2) is 39.8 Å². The highest BCUT2D eigenvalue weighted by atomic mass is 32.2. The fourth-order valence-electron chi connectivity index (χ4n) is 4.09. The van der Waals surface area contributed by atoms with Crippen molar-refractivity contribution in [1.82, 2.24) is 10.0 Å². The third kappa shape index (κ3) is 5.22. The van der Waals surface area contributed by atoms with Gasteiger partial charge in [0.2, 0.25) is 15.9 Å². The highest BCUT2D eigenvalue weighted by molar-refractivity contribution is 7.93. The van der Waals surface area contributed by atoms with Gasteiger partial charge in [0, 0.05) is 13.1 Å². The maximum atomic E-state index is 13.6. The number of hydrogen-bond acceptors (Lipinski definition) is 5. The van der Waals surface area contributed by atoms with E-state index in [0.717, 1.165) is 11.1 Å². The minimum absolute atomic E-state index is 0.155. The van der Waals surface area contributed by atoms with Gasteiger partial charge in [-0.2, -0.15) is 0 Å². The van der Waals surface area contributed by atoms with E-state index in [9.17, 15) is 21.6 Å². The summed E-state index contributed by atoms with van der Waals surface area (Å²) >= 11 is 0. The molecule has 7 nitrogen and oxygen atoms in total. The Kier molecular flexibility index (Phi) is 7.42. The quantitative estimate of drug-likeness (QED) is 0.576. The summed E-state index contributed by atoms with van der Waals surface area (Å²) in [6, 6.07) is 14.3. The summed E-state index contributed by atoms with van der Waals surface area (Å²) in [5, 5.41) is 2.59. The molecular formula is C23H30N2O5S2. The number of carbonyl (C=O) groups excluding carboxylic acids is 1. The molecular weight excluding hydrogens is 448 g/mol. The second-order valence-corrected chi connectivity index (χ2v) is 12.5. The zero-order valence-corrected chi connectivity index (χ0v) is 20.1. The second kappa shape index (κ2) is 9.72. The van der Waals surface area contributed by atoms with Crippen molar-refractivity contribution in [3.05, 3.63) is 65.2 Å². The number of amides is 1. The largest absolute Gasteiger partial charge is 0.354 e. The van der Waals surface area contributed by atoms with E-state index in [1.165, 1.54) is 0 Å². The summed E-state index contributed by atoms with van der Waals surface area (Å²) in [6.07, 6.45) is 1.73. The molecule has 2 aromatic rings. The van der Waals surface area contributed by atoms with E-state index in [2.05, 4.69) is 10.0 Å². The standard InChI is InChI=1S/C23H30N2O5S2/c1-18-10-11-19(2)21(16-18)32(29,30)23(12-6-7-13-23)22(26)24-14-15-31(27,28)25-17-20-8-4-3-5-9-20/h3-5,8-11,16,25H,6-7,12-15,17H2,1-2H3,(H,24,26). The number of carbonyl (C=O) groups is 1. The molecule has 0 spiro atoms. The Balaban J connectivity index is 1.69. The first-order valence-corrected chi connectivity index (χ1v) is 13.8. The molecule has 0 saturated heterocycles. The van der Waals surface area contributed by atoms with Gasteiger partial charge >= 0.3 is 0 Å². The van der Waals surface area contributed by atoms with Crippen molar-refractivity contribution in [2.24, 2.45) is 0 Å². The molecule has 0 aliphatic heterocycles. The summed E-state index contributed by atoms with van der Waals surface area (Å²) in [6.45, 7) is 3.53.